The van der Waals surface area contributed by atoms with Gasteiger partial charge in [0.1, 0.15) is 30.2 Å². The Morgan fingerprint density at radius 3 is 2.53 bits per heavy atom. The molecular weight excluding hydrogens is 254 g/mol. The van der Waals surface area contributed by atoms with Gasteiger partial charge in [0.15, 0.2) is 0 Å². The van der Waals surface area contributed by atoms with E-state index in [1.165, 1.54) is 6.07 Å². The van der Waals surface area contributed by atoms with Crippen LogP contribution in [-0.4, -0.2) is 57.7 Å². The molecule has 7 heteroatoms. The molecule has 1 aromatic rings. The fourth-order valence-electron chi connectivity index (χ4n) is 1.89. The van der Waals surface area contributed by atoms with Gasteiger partial charge < -0.3 is 35.6 Å². The van der Waals surface area contributed by atoms with E-state index in [2.05, 4.69) is 0 Å². The molecule has 0 aromatic heterocycles. The lowest BCUT2D eigenvalue weighted by Gasteiger charge is -2.39. The summed E-state index contributed by atoms with van der Waals surface area (Å²) in [5.41, 5.74) is 6.06. The second-order valence-electron chi connectivity index (χ2n) is 4.39. The maximum Gasteiger partial charge on any atom is 0.229 e. The van der Waals surface area contributed by atoms with E-state index in [0.717, 1.165) is 0 Å². The van der Waals surface area contributed by atoms with Crippen molar-refractivity contribution in [2.75, 3.05) is 12.3 Å². The molecule has 1 aliphatic rings. The highest BCUT2D eigenvalue weighted by Crippen LogP contribution is 2.25. The van der Waals surface area contributed by atoms with Gasteiger partial charge in [-0.05, 0) is 12.1 Å². The van der Waals surface area contributed by atoms with Gasteiger partial charge in [0, 0.05) is 11.8 Å². The van der Waals surface area contributed by atoms with E-state index < -0.39 is 37.3 Å². The van der Waals surface area contributed by atoms with Gasteiger partial charge in [-0.25, -0.2) is 0 Å². The standard InChI is InChI=1S/C12H17NO6/c13-6-2-1-3-7(4-6)18-12-11(17)10(16)9(15)8(5-14)19-12/h1-4,8-12,14-17H,5,13H2/t8-,9-,10+,11-,12-/m1/s1. The van der Waals surface area contributed by atoms with Crippen molar-refractivity contribution in [2.45, 2.75) is 30.7 Å². The molecule has 7 nitrogen and oxygen atoms in total. The maximum atomic E-state index is 9.78. The van der Waals surface area contributed by atoms with E-state index in [9.17, 15) is 15.3 Å². The third-order valence-electron chi connectivity index (χ3n) is 2.96. The maximum absolute atomic E-state index is 9.78. The molecule has 0 saturated carbocycles. The third kappa shape index (κ3) is 2.96. The number of nitrogens with two attached hydrogens (primary N) is 1. The molecule has 1 saturated heterocycles. The van der Waals surface area contributed by atoms with Gasteiger partial charge in [-0.1, -0.05) is 6.07 Å². The first-order chi connectivity index (χ1) is 9.02. The Kier molecular flexibility index (Phi) is 4.23. The monoisotopic (exact) mass is 271 g/mol. The number of anilines is 1. The Morgan fingerprint density at radius 1 is 1.16 bits per heavy atom. The van der Waals surface area contributed by atoms with Gasteiger partial charge in [-0.15, -0.1) is 0 Å². The Hall–Kier alpha value is -1.38. The van der Waals surface area contributed by atoms with Crippen LogP contribution >= 0.6 is 0 Å². The van der Waals surface area contributed by atoms with Crippen molar-refractivity contribution in [3.63, 3.8) is 0 Å². The lowest BCUT2D eigenvalue weighted by molar-refractivity contribution is -0.277. The largest absolute Gasteiger partial charge is 0.462 e. The van der Waals surface area contributed by atoms with Crippen LogP contribution in [0.3, 0.4) is 0 Å². The van der Waals surface area contributed by atoms with Gasteiger partial charge in [0.05, 0.1) is 6.61 Å². The summed E-state index contributed by atoms with van der Waals surface area (Å²) < 4.78 is 10.6. The Balaban J connectivity index is 2.10. The summed E-state index contributed by atoms with van der Waals surface area (Å²) >= 11 is 0. The van der Waals surface area contributed by atoms with Crippen molar-refractivity contribution < 1.29 is 29.9 Å². The van der Waals surface area contributed by atoms with Crippen LogP contribution < -0.4 is 10.5 Å². The summed E-state index contributed by atoms with van der Waals surface area (Å²) in [5.74, 6) is 0.351. The van der Waals surface area contributed by atoms with E-state index in [-0.39, 0.29) is 0 Å². The summed E-state index contributed by atoms with van der Waals surface area (Å²) in [5, 5.41) is 38.0. The molecule has 1 heterocycles. The van der Waals surface area contributed by atoms with E-state index in [1.807, 2.05) is 0 Å². The second-order valence-corrected chi connectivity index (χ2v) is 4.39. The summed E-state index contributed by atoms with van der Waals surface area (Å²) in [6, 6.07) is 6.47. The Labute approximate surface area is 109 Å². The van der Waals surface area contributed by atoms with E-state index >= 15 is 0 Å². The molecule has 5 atom stereocenters. The van der Waals surface area contributed by atoms with Gasteiger partial charge in [-0.3, -0.25) is 0 Å². The zero-order valence-electron chi connectivity index (χ0n) is 10.1. The number of aliphatic hydroxyl groups excluding tert-OH is 4. The first-order valence-electron chi connectivity index (χ1n) is 5.85. The third-order valence-corrected chi connectivity index (χ3v) is 2.96. The van der Waals surface area contributed by atoms with Crippen molar-refractivity contribution in [3.8, 4) is 5.75 Å². The second kappa shape index (κ2) is 5.72. The van der Waals surface area contributed by atoms with Crippen LogP contribution in [0.25, 0.3) is 0 Å². The number of hydrogen-bond donors (Lipinski definition) is 5. The minimum absolute atomic E-state index is 0.351. The Morgan fingerprint density at radius 2 is 1.89 bits per heavy atom. The van der Waals surface area contributed by atoms with Crippen molar-refractivity contribution >= 4 is 5.69 Å². The van der Waals surface area contributed by atoms with Crippen molar-refractivity contribution in [3.05, 3.63) is 24.3 Å². The highest BCUT2D eigenvalue weighted by molar-refractivity contribution is 5.43. The molecule has 2 rings (SSSR count). The molecule has 0 radical (unpaired) electrons. The normalized spacial score (nSPS) is 35.1. The fraction of sp³-hybridized carbons (Fsp3) is 0.500. The van der Waals surface area contributed by atoms with Crippen LogP contribution in [0.4, 0.5) is 5.69 Å². The predicted octanol–water partition coefficient (Wildman–Crippen LogP) is -1.55. The zero-order chi connectivity index (χ0) is 14.0. The topological polar surface area (TPSA) is 125 Å². The average molecular weight is 271 g/mol. The fourth-order valence-corrected chi connectivity index (χ4v) is 1.89. The number of hydrogen-bond acceptors (Lipinski definition) is 7. The molecule has 0 bridgehead atoms. The average Bonchev–Trinajstić information content (AvgIpc) is 2.39. The molecule has 19 heavy (non-hydrogen) atoms. The van der Waals surface area contributed by atoms with Gasteiger partial charge in [0.2, 0.25) is 6.29 Å². The van der Waals surface area contributed by atoms with Crippen LogP contribution in [-0.2, 0) is 4.74 Å². The van der Waals surface area contributed by atoms with Crippen molar-refractivity contribution in [1.29, 1.82) is 0 Å². The van der Waals surface area contributed by atoms with Gasteiger partial charge >= 0.3 is 0 Å². The van der Waals surface area contributed by atoms with Gasteiger partial charge in [0.25, 0.3) is 0 Å². The van der Waals surface area contributed by atoms with Crippen LogP contribution in [0.15, 0.2) is 24.3 Å². The van der Waals surface area contributed by atoms with Crippen LogP contribution in [0, 0.1) is 0 Å². The SMILES string of the molecule is Nc1cccc(O[C@@H]2O[C@H](CO)[C@@H](O)[C@H](O)[C@H]2O)c1. The van der Waals surface area contributed by atoms with E-state index in [1.54, 1.807) is 18.2 Å². The first kappa shape index (κ1) is 14.0. The van der Waals surface area contributed by atoms with E-state index in [4.69, 9.17) is 20.3 Å². The van der Waals surface area contributed by atoms with Crippen LogP contribution in [0.5, 0.6) is 5.75 Å². The molecule has 0 spiro atoms. The molecule has 106 valence electrons. The summed E-state index contributed by atoms with van der Waals surface area (Å²) in [6.07, 6.45) is -6.49. The lowest BCUT2D eigenvalue weighted by Crippen LogP contribution is -2.60. The lowest BCUT2D eigenvalue weighted by atomic mass is 9.99. The molecule has 0 amide bonds. The molecule has 1 aromatic carbocycles. The number of nitrogen functional groups attached to an aromatic ring is 1. The first-order valence-corrected chi connectivity index (χ1v) is 5.85. The molecule has 0 aliphatic carbocycles. The summed E-state index contributed by atoms with van der Waals surface area (Å²) in [7, 11) is 0. The summed E-state index contributed by atoms with van der Waals surface area (Å²) in [4.78, 5) is 0. The molecular formula is C12H17NO6. The molecule has 0 unspecified atom stereocenters. The number of ether oxygens (including phenoxy) is 2. The number of benzene rings is 1. The number of aliphatic hydroxyl groups is 4. The minimum atomic E-state index is -1.46. The van der Waals surface area contributed by atoms with Crippen molar-refractivity contribution in [1.82, 2.24) is 0 Å². The van der Waals surface area contributed by atoms with Crippen molar-refractivity contribution in [2.24, 2.45) is 0 Å². The zero-order valence-corrected chi connectivity index (χ0v) is 10.1. The molecule has 6 N–H and O–H groups in total. The summed E-state index contributed by atoms with van der Waals surface area (Å²) in [6.45, 7) is -0.498. The highest BCUT2D eigenvalue weighted by atomic mass is 16.7. The molecule has 1 fully saturated rings. The predicted molar refractivity (Wildman–Crippen MR) is 65.2 cm³/mol. The van der Waals surface area contributed by atoms with E-state index in [0.29, 0.717) is 11.4 Å². The van der Waals surface area contributed by atoms with Crippen LogP contribution in [0.2, 0.25) is 0 Å². The highest BCUT2D eigenvalue weighted by Gasteiger charge is 2.44. The van der Waals surface area contributed by atoms with Crippen LogP contribution in [0.1, 0.15) is 0 Å². The van der Waals surface area contributed by atoms with Gasteiger partial charge in [-0.2, -0.15) is 0 Å². The number of rotatable bonds is 3. The Bertz CT molecular complexity index is 426. The smallest absolute Gasteiger partial charge is 0.229 e. The quantitative estimate of drug-likeness (QED) is 0.421. The molecule has 1 aliphatic heterocycles. The minimum Gasteiger partial charge on any atom is -0.462 e.